The number of aromatic nitrogens is 1. The fraction of sp³-hybridized carbons (Fsp3) is 0.458. The van der Waals surface area contributed by atoms with Crippen molar-refractivity contribution in [3.8, 4) is 0 Å². The molecule has 1 spiro atoms. The van der Waals surface area contributed by atoms with Crippen LogP contribution in [0.25, 0.3) is 0 Å². The molecular weight excluding hydrogens is 362 g/mol. The number of rotatable bonds is 4. The molecule has 0 N–H and O–H groups in total. The zero-order valence-electron chi connectivity index (χ0n) is 17.1. The summed E-state index contributed by atoms with van der Waals surface area (Å²) in [7, 11) is 0. The van der Waals surface area contributed by atoms with Crippen molar-refractivity contribution in [2.24, 2.45) is 5.41 Å². The molecule has 2 aromatic rings. The SMILES string of the molecule is Cc1cccc(CN2CC3(CCC2=O)CCN(C(=O)Cc2ccccc2)CC3)n1. The second-order valence-electron chi connectivity index (χ2n) is 8.56. The summed E-state index contributed by atoms with van der Waals surface area (Å²) in [4.78, 5) is 33.7. The van der Waals surface area contributed by atoms with Gasteiger partial charge < -0.3 is 9.80 Å². The Kier molecular flexibility index (Phi) is 5.65. The maximum atomic E-state index is 12.7. The van der Waals surface area contributed by atoms with Gasteiger partial charge in [0.15, 0.2) is 0 Å². The number of amides is 2. The topological polar surface area (TPSA) is 53.5 Å². The first-order valence-electron chi connectivity index (χ1n) is 10.6. The lowest BCUT2D eigenvalue weighted by molar-refractivity contribution is -0.143. The second kappa shape index (κ2) is 8.36. The van der Waals surface area contributed by atoms with Crippen LogP contribution in [0, 0.1) is 12.3 Å². The molecule has 0 atom stereocenters. The summed E-state index contributed by atoms with van der Waals surface area (Å²) in [5.41, 5.74) is 3.14. The molecule has 1 aromatic carbocycles. The number of aryl methyl sites for hydroxylation is 1. The van der Waals surface area contributed by atoms with Gasteiger partial charge in [-0.15, -0.1) is 0 Å². The Morgan fingerprint density at radius 2 is 1.79 bits per heavy atom. The summed E-state index contributed by atoms with van der Waals surface area (Å²) in [6.45, 7) is 4.92. The molecule has 0 bridgehead atoms. The van der Waals surface area contributed by atoms with Crippen molar-refractivity contribution in [3.63, 3.8) is 0 Å². The molecule has 2 fully saturated rings. The van der Waals surface area contributed by atoms with Gasteiger partial charge in [-0.2, -0.15) is 0 Å². The Morgan fingerprint density at radius 1 is 1.03 bits per heavy atom. The first kappa shape index (κ1) is 19.6. The Hall–Kier alpha value is -2.69. The van der Waals surface area contributed by atoms with Crippen LogP contribution in [-0.2, 0) is 22.6 Å². The molecule has 2 amide bonds. The molecule has 0 unspecified atom stereocenters. The van der Waals surface area contributed by atoms with Crippen LogP contribution < -0.4 is 0 Å². The molecule has 5 nitrogen and oxygen atoms in total. The second-order valence-corrected chi connectivity index (χ2v) is 8.56. The zero-order valence-corrected chi connectivity index (χ0v) is 17.1. The summed E-state index contributed by atoms with van der Waals surface area (Å²) in [6.07, 6.45) is 3.95. The van der Waals surface area contributed by atoms with E-state index in [0.717, 1.165) is 55.8 Å². The van der Waals surface area contributed by atoms with Crippen LogP contribution in [0.5, 0.6) is 0 Å². The van der Waals surface area contributed by atoms with Gasteiger partial charge in [0.1, 0.15) is 0 Å². The Morgan fingerprint density at radius 3 is 2.52 bits per heavy atom. The summed E-state index contributed by atoms with van der Waals surface area (Å²) in [5.74, 6) is 0.431. The molecule has 0 saturated carbocycles. The zero-order chi connectivity index (χ0) is 20.3. The summed E-state index contributed by atoms with van der Waals surface area (Å²) in [6, 6.07) is 15.9. The van der Waals surface area contributed by atoms with Crippen LogP contribution in [0.4, 0.5) is 0 Å². The number of pyridine rings is 1. The average Bonchev–Trinajstić information content (AvgIpc) is 2.72. The highest BCUT2D eigenvalue weighted by Crippen LogP contribution is 2.40. The van der Waals surface area contributed by atoms with E-state index in [1.165, 1.54) is 0 Å². The first-order valence-corrected chi connectivity index (χ1v) is 10.6. The van der Waals surface area contributed by atoms with E-state index in [1.54, 1.807) is 0 Å². The number of carbonyl (C=O) groups excluding carboxylic acids is 2. The van der Waals surface area contributed by atoms with E-state index in [0.29, 0.717) is 19.4 Å². The predicted molar refractivity (Wildman–Crippen MR) is 112 cm³/mol. The Labute approximate surface area is 172 Å². The van der Waals surface area contributed by atoms with Crippen LogP contribution in [0.1, 0.15) is 42.6 Å². The largest absolute Gasteiger partial charge is 0.342 e. The molecule has 3 heterocycles. The number of nitrogens with zero attached hydrogens (tertiary/aromatic N) is 3. The molecule has 0 radical (unpaired) electrons. The average molecular weight is 392 g/mol. The van der Waals surface area contributed by atoms with Crippen LogP contribution in [-0.4, -0.2) is 46.2 Å². The molecule has 4 rings (SSSR count). The van der Waals surface area contributed by atoms with Gasteiger partial charge >= 0.3 is 0 Å². The van der Waals surface area contributed by atoms with Gasteiger partial charge in [-0.1, -0.05) is 36.4 Å². The minimum atomic E-state index is 0.140. The first-order chi connectivity index (χ1) is 14.0. The minimum absolute atomic E-state index is 0.140. The van der Waals surface area contributed by atoms with E-state index in [-0.39, 0.29) is 17.2 Å². The fourth-order valence-corrected chi connectivity index (χ4v) is 4.65. The maximum absolute atomic E-state index is 12.7. The highest BCUT2D eigenvalue weighted by atomic mass is 16.2. The van der Waals surface area contributed by atoms with Gasteiger partial charge in [0.05, 0.1) is 18.7 Å². The molecule has 29 heavy (non-hydrogen) atoms. The van der Waals surface area contributed by atoms with Crippen molar-refractivity contribution < 1.29 is 9.59 Å². The van der Waals surface area contributed by atoms with E-state index in [4.69, 9.17) is 0 Å². The van der Waals surface area contributed by atoms with Crippen LogP contribution in [0.3, 0.4) is 0 Å². The monoisotopic (exact) mass is 391 g/mol. The Balaban J connectivity index is 1.36. The highest BCUT2D eigenvalue weighted by Gasteiger charge is 2.41. The van der Waals surface area contributed by atoms with Gasteiger partial charge in [0.2, 0.25) is 11.8 Å². The maximum Gasteiger partial charge on any atom is 0.226 e. The third-order valence-corrected chi connectivity index (χ3v) is 6.42. The number of carbonyl (C=O) groups is 2. The molecule has 5 heteroatoms. The lowest BCUT2D eigenvalue weighted by atomic mass is 9.72. The quantitative estimate of drug-likeness (QED) is 0.803. The summed E-state index contributed by atoms with van der Waals surface area (Å²) < 4.78 is 0. The van der Waals surface area contributed by atoms with Crippen molar-refractivity contribution in [2.75, 3.05) is 19.6 Å². The van der Waals surface area contributed by atoms with E-state index in [2.05, 4.69) is 4.98 Å². The van der Waals surface area contributed by atoms with Crippen LogP contribution in [0.15, 0.2) is 48.5 Å². The normalized spacial score (nSPS) is 18.9. The van der Waals surface area contributed by atoms with Crippen LogP contribution in [0.2, 0.25) is 0 Å². The standard InChI is InChI=1S/C24H29N3O2/c1-19-6-5-9-21(25-19)17-27-18-24(11-10-22(27)28)12-14-26(15-13-24)23(29)16-20-7-3-2-4-8-20/h2-9H,10-18H2,1H3. The van der Waals surface area contributed by atoms with Crippen molar-refractivity contribution >= 4 is 11.8 Å². The molecule has 2 aliphatic heterocycles. The van der Waals surface area contributed by atoms with Gasteiger partial charge in [-0.3, -0.25) is 14.6 Å². The predicted octanol–water partition coefficient (Wildman–Crippen LogP) is 3.36. The van der Waals surface area contributed by atoms with E-state index < -0.39 is 0 Å². The van der Waals surface area contributed by atoms with Crippen molar-refractivity contribution in [1.82, 2.24) is 14.8 Å². The minimum Gasteiger partial charge on any atom is -0.342 e. The van der Waals surface area contributed by atoms with Gasteiger partial charge in [0.25, 0.3) is 0 Å². The van der Waals surface area contributed by atoms with Crippen LogP contribution >= 0.6 is 0 Å². The molecule has 2 saturated heterocycles. The third kappa shape index (κ3) is 4.66. The number of hydrogen-bond donors (Lipinski definition) is 0. The summed E-state index contributed by atoms with van der Waals surface area (Å²) in [5, 5.41) is 0. The molecule has 0 aliphatic carbocycles. The van der Waals surface area contributed by atoms with Crippen molar-refractivity contribution in [2.45, 2.75) is 45.6 Å². The van der Waals surface area contributed by atoms with Gasteiger partial charge in [-0.25, -0.2) is 0 Å². The summed E-state index contributed by atoms with van der Waals surface area (Å²) >= 11 is 0. The van der Waals surface area contributed by atoms with E-state index >= 15 is 0 Å². The van der Waals surface area contributed by atoms with Gasteiger partial charge in [-0.05, 0) is 49.3 Å². The van der Waals surface area contributed by atoms with E-state index in [1.807, 2.05) is 65.3 Å². The number of piperidine rings is 2. The fourth-order valence-electron chi connectivity index (χ4n) is 4.65. The number of hydrogen-bond acceptors (Lipinski definition) is 3. The smallest absolute Gasteiger partial charge is 0.226 e. The lowest BCUT2D eigenvalue weighted by Gasteiger charge is -2.47. The molecule has 2 aliphatic rings. The molecule has 1 aromatic heterocycles. The highest BCUT2D eigenvalue weighted by molar-refractivity contribution is 5.79. The number of likely N-dealkylation sites (tertiary alicyclic amines) is 2. The third-order valence-electron chi connectivity index (χ3n) is 6.42. The lowest BCUT2D eigenvalue weighted by Crippen LogP contribution is -2.52. The molecular formula is C24H29N3O2. The Bertz CT molecular complexity index is 873. The van der Waals surface area contributed by atoms with Crippen molar-refractivity contribution in [3.05, 3.63) is 65.5 Å². The number of benzene rings is 1. The van der Waals surface area contributed by atoms with Crippen molar-refractivity contribution in [1.29, 1.82) is 0 Å². The van der Waals surface area contributed by atoms with E-state index in [9.17, 15) is 9.59 Å². The molecule has 152 valence electrons. The van der Waals surface area contributed by atoms with Gasteiger partial charge in [0, 0.05) is 31.7 Å².